The van der Waals surface area contributed by atoms with Gasteiger partial charge in [0.2, 0.25) is 5.13 Å². The van der Waals surface area contributed by atoms with Crippen molar-refractivity contribution in [2.24, 2.45) is 9.98 Å². The highest BCUT2D eigenvalue weighted by Crippen LogP contribution is 2.25. The molecule has 146 valence electrons. The zero-order chi connectivity index (χ0) is 19.9. The molecule has 3 aromatic heterocycles. The molecule has 0 aromatic carbocycles. The van der Waals surface area contributed by atoms with Gasteiger partial charge in [0.25, 0.3) is 0 Å². The molecule has 0 bridgehead atoms. The van der Waals surface area contributed by atoms with Crippen LogP contribution in [-0.2, 0) is 6.54 Å². The lowest BCUT2D eigenvalue weighted by Gasteiger charge is -2.02. The molecular weight excluding hydrogens is 379 g/mol. The quantitative estimate of drug-likeness (QED) is 0.582. The first-order chi connectivity index (χ1) is 13.5. The van der Waals surface area contributed by atoms with Crippen LogP contribution in [0, 0.1) is 5.82 Å². The Hall–Kier alpha value is -3.01. The molecule has 0 radical (unpaired) electrons. The second kappa shape index (κ2) is 9.27. The Kier molecular flexibility index (Phi) is 6.53. The van der Waals surface area contributed by atoms with Gasteiger partial charge in [0.1, 0.15) is 16.9 Å². The molecule has 3 rings (SSSR count). The van der Waals surface area contributed by atoms with Gasteiger partial charge in [0.15, 0.2) is 5.82 Å². The third-order valence-electron chi connectivity index (χ3n) is 3.92. The third kappa shape index (κ3) is 5.26. The number of anilines is 2. The van der Waals surface area contributed by atoms with Crippen LogP contribution in [0.15, 0.2) is 40.6 Å². The van der Waals surface area contributed by atoms with Crippen LogP contribution in [-0.4, -0.2) is 43.9 Å². The van der Waals surface area contributed by atoms with Crippen LogP contribution in [0.25, 0.3) is 0 Å². The summed E-state index contributed by atoms with van der Waals surface area (Å²) in [6.45, 7) is 4.18. The highest BCUT2D eigenvalue weighted by Gasteiger charge is 2.12. The largest absolute Gasteiger partial charge is 0.313 e. The zero-order valence-electron chi connectivity index (χ0n) is 15.9. The zero-order valence-corrected chi connectivity index (χ0v) is 16.7. The second-order valence-corrected chi connectivity index (χ2v) is 7.08. The predicted molar refractivity (Wildman–Crippen MR) is 109 cm³/mol. The summed E-state index contributed by atoms with van der Waals surface area (Å²) in [6.07, 6.45) is 5.88. The van der Waals surface area contributed by atoms with E-state index in [-0.39, 0.29) is 18.4 Å². The van der Waals surface area contributed by atoms with E-state index in [2.05, 4.69) is 35.6 Å². The lowest BCUT2D eigenvalue weighted by molar-refractivity contribution is 0.571. The third-order valence-corrected chi connectivity index (χ3v) is 4.93. The van der Waals surface area contributed by atoms with Crippen molar-refractivity contribution in [1.29, 1.82) is 0 Å². The number of halogens is 1. The van der Waals surface area contributed by atoms with Crippen LogP contribution in [0.3, 0.4) is 0 Å². The summed E-state index contributed by atoms with van der Waals surface area (Å²) >= 11 is 1.42. The molecule has 0 aliphatic carbocycles. The lowest BCUT2D eigenvalue weighted by Crippen LogP contribution is -2.05. The highest BCUT2D eigenvalue weighted by molar-refractivity contribution is 7.15. The molecule has 10 heteroatoms. The van der Waals surface area contributed by atoms with E-state index < -0.39 is 0 Å². The van der Waals surface area contributed by atoms with Crippen LogP contribution in [0.2, 0.25) is 0 Å². The minimum absolute atomic E-state index is 0.0811. The first-order valence-electron chi connectivity index (χ1n) is 8.72. The van der Waals surface area contributed by atoms with Gasteiger partial charge in [0.05, 0.1) is 12.2 Å². The molecule has 1 N–H and O–H groups in total. The summed E-state index contributed by atoms with van der Waals surface area (Å²) in [7, 11) is 1.77. The van der Waals surface area contributed by atoms with Crippen LogP contribution < -0.4 is 5.32 Å². The van der Waals surface area contributed by atoms with Gasteiger partial charge in [-0.1, -0.05) is 11.3 Å². The Morgan fingerprint density at radius 1 is 1.39 bits per heavy atom. The number of nitrogens with zero attached hydrogens (tertiary/aromatic N) is 7. The average Bonchev–Trinajstić information content (AvgIpc) is 3.33. The van der Waals surface area contributed by atoms with E-state index in [9.17, 15) is 4.39 Å². The number of pyridine rings is 1. The summed E-state index contributed by atoms with van der Waals surface area (Å²) in [6, 6.07) is 4.65. The van der Waals surface area contributed by atoms with Gasteiger partial charge in [-0.3, -0.25) is 19.7 Å². The van der Waals surface area contributed by atoms with Gasteiger partial charge in [-0.05, 0) is 26.0 Å². The van der Waals surface area contributed by atoms with E-state index in [4.69, 9.17) is 0 Å². The van der Waals surface area contributed by atoms with Gasteiger partial charge >= 0.3 is 0 Å². The van der Waals surface area contributed by atoms with Crippen molar-refractivity contribution in [3.05, 3.63) is 47.1 Å². The van der Waals surface area contributed by atoms with Crippen molar-refractivity contribution < 1.29 is 4.39 Å². The van der Waals surface area contributed by atoms with E-state index in [1.165, 1.54) is 17.4 Å². The van der Waals surface area contributed by atoms with Crippen LogP contribution >= 0.6 is 11.3 Å². The van der Waals surface area contributed by atoms with Crippen molar-refractivity contribution in [2.45, 2.75) is 32.9 Å². The van der Waals surface area contributed by atoms with Crippen LogP contribution in [0.5, 0.6) is 0 Å². The fourth-order valence-corrected chi connectivity index (χ4v) is 3.01. The maximum atomic E-state index is 13.7. The predicted octanol–water partition coefficient (Wildman–Crippen LogP) is 3.67. The normalized spacial score (nSPS) is 13.2. The van der Waals surface area contributed by atoms with E-state index in [0.717, 1.165) is 17.1 Å². The van der Waals surface area contributed by atoms with Gasteiger partial charge in [-0.2, -0.15) is 5.10 Å². The van der Waals surface area contributed by atoms with Crippen LogP contribution in [0.1, 0.15) is 37.0 Å². The number of aliphatic imine (C=N–C) groups is 2. The molecule has 28 heavy (non-hydrogen) atoms. The molecule has 8 nitrogen and oxygen atoms in total. The van der Waals surface area contributed by atoms with Crippen molar-refractivity contribution in [1.82, 2.24) is 25.0 Å². The topological polar surface area (TPSA) is 93.2 Å². The summed E-state index contributed by atoms with van der Waals surface area (Å²) < 4.78 is 15.3. The van der Waals surface area contributed by atoms with Crippen molar-refractivity contribution in [3.8, 4) is 0 Å². The highest BCUT2D eigenvalue weighted by atomic mass is 32.1. The minimum atomic E-state index is -0.351. The Morgan fingerprint density at radius 3 is 3.04 bits per heavy atom. The van der Waals surface area contributed by atoms with E-state index >= 15 is 0 Å². The van der Waals surface area contributed by atoms with Gasteiger partial charge < -0.3 is 5.32 Å². The molecule has 1 unspecified atom stereocenters. The first-order valence-corrected chi connectivity index (χ1v) is 9.54. The molecule has 0 amide bonds. The van der Waals surface area contributed by atoms with Gasteiger partial charge in [-0.15, -0.1) is 10.2 Å². The summed E-state index contributed by atoms with van der Waals surface area (Å²) in [4.78, 5) is 12.6. The fourth-order valence-electron chi connectivity index (χ4n) is 2.27. The van der Waals surface area contributed by atoms with E-state index in [0.29, 0.717) is 16.6 Å². The molecule has 3 aromatic rings. The summed E-state index contributed by atoms with van der Waals surface area (Å²) in [5.41, 5.74) is 1.36. The van der Waals surface area contributed by atoms with Crippen molar-refractivity contribution in [3.63, 3.8) is 0 Å². The second-order valence-electron chi connectivity index (χ2n) is 6.07. The molecule has 0 aliphatic heterocycles. The number of rotatable bonds is 8. The maximum absolute atomic E-state index is 13.7. The van der Waals surface area contributed by atoms with Crippen molar-refractivity contribution >= 4 is 34.2 Å². The number of nitrogens with one attached hydrogen (secondary N) is 1. The molecule has 0 aliphatic rings. The Morgan fingerprint density at radius 2 is 2.25 bits per heavy atom. The summed E-state index contributed by atoms with van der Waals surface area (Å²) in [5, 5.41) is 17.2. The standard InChI is InChI=1S/C18H21FN8S/c1-12(20-3)6-9-21-13(2)17-24-25-18(28-17)23-16-7-10-27(26-16)11-15-14(19)5-4-8-22-15/h4-5,7-10,13H,6,11H2,1-3H3,(H,23,25,26). The van der Waals surface area contributed by atoms with E-state index in [1.54, 1.807) is 36.3 Å². The first kappa shape index (κ1) is 19.7. The van der Waals surface area contributed by atoms with Gasteiger partial charge in [-0.25, -0.2) is 4.39 Å². The number of hydrogen-bond donors (Lipinski definition) is 1. The van der Waals surface area contributed by atoms with Crippen molar-refractivity contribution in [2.75, 3.05) is 12.4 Å². The molecular formula is C18H21FN8S. The SMILES string of the molecule is CN=C(C)CC=NC(C)c1nnc(Nc2ccn(Cc3ncccc3F)n2)s1. The Balaban J connectivity index is 1.59. The lowest BCUT2D eigenvalue weighted by atomic mass is 10.3. The van der Waals surface area contributed by atoms with Crippen LogP contribution in [0.4, 0.5) is 15.3 Å². The van der Waals surface area contributed by atoms with Gasteiger partial charge in [0, 0.05) is 43.9 Å². The molecule has 0 saturated carbocycles. The number of aromatic nitrogens is 5. The molecule has 3 heterocycles. The minimum Gasteiger partial charge on any atom is -0.313 e. The Bertz CT molecular complexity index is 977. The molecule has 0 fully saturated rings. The molecule has 1 atom stereocenters. The smallest absolute Gasteiger partial charge is 0.211 e. The Labute approximate surface area is 166 Å². The molecule has 0 spiro atoms. The maximum Gasteiger partial charge on any atom is 0.211 e. The monoisotopic (exact) mass is 400 g/mol. The summed E-state index contributed by atoms with van der Waals surface area (Å²) in [5.74, 6) is 0.251. The fraction of sp³-hybridized carbons (Fsp3) is 0.333. The number of hydrogen-bond acceptors (Lipinski definition) is 8. The average molecular weight is 400 g/mol. The van der Waals surface area contributed by atoms with E-state index in [1.807, 2.05) is 20.1 Å². The molecule has 0 saturated heterocycles.